The van der Waals surface area contributed by atoms with Crippen LogP contribution in [0.15, 0.2) is 12.7 Å². The van der Waals surface area contributed by atoms with Gasteiger partial charge < -0.3 is 9.47 Å². The molecule has 2 saturated heterocycles. The summed E-state index contributed by atoms with van der Waals surface area (Å²) in [6, 6.07) is 6.05. The molecular weight excluding hydrogens is 280 g/mol. The van der Waals surface area contributed by atoms with Gasteiger partial charge in [0.2, 0.25) is 17.1 Å². The largest absolute Gasteiger partial charge is 0.447 e. The summed E-state index contributed by atoms with van der Waals surface area (Å²) in [5, 5.41) is 37.6. The number of nitrogens with zero attached hydrogens (tertiary/aromatic N) is 3. The van der Waals surface area contributed by atoms with Crippen molar-refractivity contribution < 1.29 is 9.47 Å². The number of hydrogen-bond donors (Lipinski definition) is 1. The van der Waals surface area contributed by atoms with Crippen LogP contribution in [0, 0.1) is 56.2 Å². The van der Waals surface area contributed by atoms with Gasteiger partial charge in [0.05, 0.1) is 24.1 Å². The third-order valence-electron chi connectivity index (χ3n) is 5.32. The van der Waals surface area contributed by atoms with Crippen LogP contribution in [0.3, 0.4) is 0 Å². The topological polar surface area (TPSA) is 114 Å². The van der Waals surface area contributed by atoms with Crippen LogP contribution >= 0.6 is 0 Å². The maximum absolute atomic E-state index is 9.91. The Morgan fingerprint density at radius 3 is 2.50 bits per heavy atom. The van der Waals surface area contributed by atoms with E-state index in [1.165, 1.54) is 6.08 Å². The fourth-order valence-electron chi connectivity index (χ4n) is 4.29. The van der Waals surface area contributed by atoms with Crippen LogP contribution in [0.2, 0.25) is 0 Å². The third-order valence-corrected chi connectivity index (χ3v) is 5.32. The van der Waals surface area contributed by atoms with Gasteiger partial charge in [-0.3, -0.25) is 5.41 Å². The minimum absolute atomic E-state index is 0.311. The second-order valence-electron chi connectivity index (χ2n) is 6.12. The molecule has 2 bridgehead atoms. The zero-order chi connectivity index (χ0) is 16.0. The highest BCUT2D eigenvalue weighted by atomic mass is 16.7. The van der Waals surface area contributed by atoms with Crippen molar-refractivity contribution in [2.75, 3.05) is 0 Å². The number of nitriles is 3. The molecule has 0 aromatic carbocycles. The van der Waals surface area contributed by atoms with Crippen LogP contribution in [0.5, 0.6) is 0 Å². The molecule has 112 valence electrons. The monoisotopic (exact) mass is 296 g/mol. The highest BCUT2D eigenvalue weighted by Gasteiger charge is 2.79. The molecule has 1 saturated carbocycles. The standard InChI is InChI=1S/C16H16N4O2/c1-2-12-14(8-17,9-18)15(10-19)11-6-4-3-5-7-16(11,21-12)22-13(15)20/h2,11-12,20H,1,3-7H2. The average molecular weight is 296 g/mol. The highest BCUT2D eigenvalue weighted by Crippen LogP contribution is 2.65. The van der Waals surface area contributed by atoms with Crippen molar-refractivity contribution >= 4 is 5.90 Å². The first-order chi connectivity index (χ1) is 10.6. The SMILES string of the molecule is C=CC1OC23CCCCCC2C(C#N)(C(=N)O3)C1(C#N)C#N. The van der Waals surface area contributed by atoms with E-state index < -0.39 is 28.6 Å². The lowest BCUT2D eigenvalue weighted by Crippen LogP contribution is -2.61. The Labute approximate surface area is 129 Å². The van der Waals surface area contributed by atoms with Gasteiger partial charge in [0, 0.05) is 6.42 Å². The lowest BCUT2D eigenvalue weighted by atomic mass is 9.53. The van der Waals surface area contributed by atoms with Crippen LogP contribution in [0.25, 0.3) is 0 Å². The Balaban J connectivity index is 2.31. The fourth-order valence-corrected chi connectivity index (χ4v) is 4.29. The molecule has 1 N–H and O–H groups in total. The molecule has 2 aliphatic heterocycles. The molecule has 1 aliphatic carbocycles. The molecule has 3 rings (SSSR count). The smallest absolute Gasteiger partial charge is 0.217 e. The summed E-state index contributed by atoms with van der Waals surface area (Å²) in [6.07, 6.45) is 4.28. The Hall–Kier alpha value is -2.36. The van der Waals surface area contributed by atoms with E-state index in [1.54, 1.807) is 0 Å². The lowest BCUT2D eigenvalue weighted by molar-refractivity contribution is -0.270. The lowest BCUT2D eigenvalue weighted by Gasteiger charge is -2.48. The van der Waals surface area contributed by atoms with Gasteiger partial charge in [-0.1, -0.05) is 18.9 Å². The maximum atomic E-state index is 9.91. The molecule has 3 aliphatic rings. The van der Waals surface area contributed by atoms with E-state index in [-0.39, 0.29) is 5.90 Å². The molecule has 6 nitrogen and oxygen atoms in total. The summed E-state index contributed by atoms with van der Waals surface area (Å²) < 4.78 is 11.7. The highest BCUT2D eigenvalue weighted by molar-refractivity contribution is 5.89. The average Bonchev–Trinajstić information content (AvgIpc) is 2.67. The van der Waals surface area contributed by atoms with Crippen LogP contribution in [0.4, 0.5) is 0 Å². The van der Waals surface area contributed by atoms with Crippen LogP contribution in [0.1, 0.15) is 32.1 Å². The summed E-state index contributed by atoms with van der Waals surface area (Å²) in [7, 11) is 0. The van der Waals surface area contributed by atoms with E-state index in [0.717, 1.165) is 19.3 Å². The second kappa shape index (κ2) is 4.57. The predicted octanol–water partition coefficient (Wildman–Crippen LogP) is 2.40. The minimum Gasteiger partial charge on any atom is -0.447 e. The van der Waals surface area contributed by atoms with Crippen molar-refractivity contribution in [2.45, 2.75) is 44.0 Å². The van der Waals surface area contributed by atoms with Crippen molar-refractivity contribution in [1.29, 1.82) is 21.2 Å². The van der Waals surface area contributed by atoms with Gasteiger partial charge >= 0.3 is 0 Å². The summed E-state index contributed by atoms with van der Waals surface area (Å²) in [6.45, 7) is 3.66. The van der Waals surface area contributed by atoms with E-state index >= 15 is 0 Å². The van der Waals surface area contributed by atoms with Gasteiger partial charge in [-0.25, -0.2) is 0 Å². The Morgan fingerprint density at radius 1 is 1.18 bits per heavy atom. The molecule has 22 heavy (non-hydrogen) atoms. The molecule has 0 radical (unpaired) electrons. The third kappa shape index (κ3) is 1.33. The first-order valence-corrected chi connectivity index (χ1v) is 7.39. The molecule has 4 atom stereocenters. The van der Waals surface area contributed by atoms with Gasteiger partial charge in [-0.05, 0) is 12.8 Å². The van der Waals surface area contributed by atoms with E-state index in [1.807, 2.05) is 12.1 Å². The van der Waals surface area contributed by atoms with Gasteiger partial charge in [0.25, 0.3) is 0 Å². The number of hydrogen-bond acceptors (Lipinski definition) is 6. The predicted molar refractivity (Wildman–Crippen MR) is 74.9 cm³/mol. The van der Waals surface area contributed by atoms with Gasteiger partial charge in [0.15, 0.2) is 5.41 Å². The molecular formula is C16H16N4O2. The van der Waals surface area contributed by atoms with E-state index in [2.05, 4.69) is 12.6 Å². The Bertz CT molecular complexity index is 653. The minimum atomic E-state index is -1.81. The molecule has 0 aromatic heterocycles. The zero-order valence-electron chi connectivity index (χ0n) is 12.1. The van der Waals surface area contributed by atoms with Crippen molar-refractivity contribution in [3.05, 3.63) is 12.7 Å². The normalized spacial score (nSPS) is 41.8. The molecule has 0 aromatic rings. The van der Waals surface area contributed by atoms with Crippen molar-refractivity contribution in [1.82, 2.24) is 0 Å². The van der Waals surface area contributed by atoms with Gasteiger partial charge in [-0.15, -0.1) is 6.58 Å². The van der Waals surface area contributed by atoms with Crippen LogP contribution < -0.4 is 0 Å². The molecule has 0 spiro atoms. The fraction of sp³-hybridized carbons (Fsp3) is 0.625. The number of rotatable bonds is 1. The molecule has 3 fully saturated rings. The second-order valence-corrected chi connectivity index (χ2v) is 6.12. The van der Waals surface area contributed by atoms with Crippen molar-refractivity contribution in [3.8, 4) is 18.2 Å². The summed E-state index contributed by atoms with van der Waals surface area (Å²) in [5.41, 5.74) is -3.41. The molecule has 2 heterocycles. The van der Waals surface area contributed by atoms with Crippen LogP contribution in [-0.2, 0) is 9.47 Å². The van der Waals surface area contributed by atoms with Crippen molar-refractivity contribution in [3.63, 3.8) is 0 Å². The Morgan fingerprint density at radius 2 is 1.91 bits per heavy atom. The Kier molecular flexibility index (Phi) is 3.02. The van der Waals surface area contributed by atoms with Gasteiger partial charge in [-0.2, -0.15) is 15.8 Å². The summed E-state index contributed by atoms with van der Waals surface area (Å²) in [5.74, 6) is -1.87. The zero-order valence-corrected chi connectivity index (χ0v) is 12.1. The number of ether oxygens (including phenoxy) is 2. The quantitative estimate of drug-likeness (QED) is 0.746. The maximum Gasteiger partial charge on any atom is 0.217 e. The molecule has 0 amide bonds. The first kappa shape index (κ1) is 14.6. The van der Waals surface area contributed by atoms with Crippen LogP contribution in [-0.4, -0.2) is 17.8 Å². The summed E-state index contributed by atoms with van der Waals surface area (Å²) in [4.78, 5) is 0. The number of nitrogens with one attached hydrogen (secondary N) is 1. The molecule has 6 heteroatoms. The van der Waals surface area contributed by atoms with Gasteiger partial charge in [0.1, 0.15) is 6.10 Å². The molecule has 4 unspecified atom stereocenters. The summed E-state index contributed by atoms with van der Waals surface area (Å²) >= 11 is 0. The van der Waals surface area contributed by atoms with Crippen molar-refractivity contribution in [2.24, 2.45) is 16.7 Å². The first-order valence-electron chi connectivity index (χ1n) is 7.39. The van der Waals surface area contributed by atoms with E-state index in [0.29, 0.717) is 12.8 Å². The van der Waals surface area contributed by atoms with E-state index in [4.69, 9.17) is 14.9 Å². The van der Waals surface area contributed by atoms with E-state index in [9.17, 15) is 15.8 Å².